The monoisotopic (exact) mass is 216 g/mol. The fourth-order valence-electron chi connectivity index (χ4n) is 2.62. The molecule has 2 rings (SSSR count). The molecule has 2 fully saturated rings. The van der Waals surface area contributed by atoms with Gasteiger partial charge >= 0.3 is 0 Å². The van der Waals surface area contributed by atoms with Crippen LogP contribution in [0.25, 0.3) is 0 Å². The molecule has 0 aromatic rings. The number of Topliss-reactive ketones (excluding diaryl/α,β-unsaturated/α-hetero) is 1. The second-order valence-corrected chi connectivity index (χ2v) is 5.74. The molecule has 2 bridgehead atoms. The number of ketones is 1. The maximum atomic E-state index is 11.5. The maximum absolute atomic E-state index is 11.5. The normalized spacial score (nSPS) is 46.8. The Balaban J connectivity index is 2.47. The van der Waals surface area contributed by atoms with Gasteiger partial charge in [0.1, 0.15) is 5.78 Å². The highest BCUT2D eigenvalue weighted by atomic mass is 79.9. The van der Waals surface area contributed by atoms with Gasteiger partial charge < -0.3 is 0 Å². The van der Waals surface area contributed by atoms with Gasteiger partial charge in [-0.1, -0.05) is 29.8 Å². The first kappa shape index (κ1) is 7.78. The van der Waals surface area contributed by atoms with Crippen molar-refractivity contribution >= 4 is 21.7 Å². The first-order chi connectivity index (χ1) is 4.98. The van der Waals surface area contributed by atoms with Crippen LogP contribution in [-0.4, -0.2) is 10.1 Å². The number of hydrogen-bond acceptors (Lipinski definition) is 1. The zero-order valence-corrected chi connectivity index (χ0v) is 8.57. The Morgan fingerprint density at radius 3 is 2.36 bits per heavy atom. The predicted octanol–water partition coefficient (Wildman–Crippen LogP) is 2.53. The molecule has 0 saturated heterocycles. The molecule has 2 heteroatoms. The average Bonchev–Trinajstić information content (AvgIpc) is 2.20. The molecule has 0 radical (unpaired) electrons. The molecule has 62 valence electrons. The minimum atomic E-state index is -0.162. The van der Waals surface area contributed by atoms with E-state index < -0.39 is 0 Å². The second-order valence-electron chi connectivity index (χ2n) is 4.39. The minimum absolute atomic E-state index is 0.162. The number of fused-ring (bicyclic) bond motifs is 2. The van der Waals surface area contributed by atoms with Crippen LogP contribution >= 0.6 is 15.9 Å². The first-order valence-corrected chi connectivity index (χ1v) is 5.00. The first-order valence-electron chi connectivity index (χ1n) is 4.21. The summed E-state index contributed by atoms with van der Waals surface area (Å²) >= 11 is 3.62. The Morgan fingerprint density at radius 1 is 1.55 bits per heavy atom. The Hall–Kier alpha value is 0.150. The molecular weight excluding hydrogens is 204 g/mol. The average molecular weight is 217 g/mol. The van der Waals surface area contributed by atoms with Crippen molar-refractivity contribution in [3.05, 3.63) is 0 Å². The summed E-state index contributed by atoms with van der Waals surface area (Å²) in [7, 11) is 0. The van der Waals surface area contributed by atoms with Crippen LogP contribution in [0.4, 0.5) is 0 Å². The molecule has 2 atom stereocenters. The number of alkyl halides is 1. The highest BCUT2D eigenvalue weighted by Gasteiger charge is 2.62. The predicted molar refractivity (Wildman–Crippen MR) is 47.8 cm³/mol. The number of halogens is 1. The number of rotatable bonds is 0. The number of carbonyl (C=O) groups is 1. The molecule has 0 aliphatic heterocycles. The van der Waals surface area contributed by atoms with Gasteiger partial charge in [-0.2, -0.15) is 0 Å². The minimum Gasteiger partial charge on any atom is -0.298 e. The maximum Gasteiger partial charge on any atom is 0.150 e. The molecule has 0 unspecified atom stereocenters. The van der Waals surface area contributed by atoms with Crippen molar-refractivity contribution in [3.63, 3.8) is 0 Å². The molecule has 0 heterocycles. The summed E-state index contributed by atoms with van der Waals surface area (Å²) in [6.45, 7) is 4.43. The standard InChI is InChI=1S/C9H13BrO/c1-8(2)6-3-4-9(8,10)7(11)5-6/h6H,3-5H2,1-2H3/t6-,9+/m0/s1. The molecule has 2 aliphatic rings. The van der Waals surface area contributed by atoms with Crippen LogP contribution in [0.15, 0.2) is 0 Å². The largest absolute Gasteiger partial charge is 0.298 e. The molecule has 2 saturated carbocycles. The lowest BCUT2D eigenvalue weighted by Gasteiger charge is -2.30. The molecule has 0 amide bonds. The van der Waals surface area contributed by atoms with Crippen molar-refractivity contribution in [2.75, 3.05) is 0 Å². The topological polar surface area (TPSA) is 17.1 Å². The Bertz CT molecular complexity index is 222. The molecule has 2 aliphatic carbocycles. The van der Waals surface area contributed by atoms with Crippen LogP contribution < -0.4 is 0 Å². The molecule has 0 aromatic heterocycles. The zero-order chi connectivity index (χ0) is 8.28. The van der Waals surface area contributed by atoms with E-state index in [0.29, 0.717) is 11.7 Å². The highest BCUT2D eigenvalue weighted by molar-refractivity contribution is 9.10. The number of hydrogen-bond donors (Lipinski definition) is 0. The lowest BCUT2D eigenvalue weighted by atomic mass is 9.82. The van der Waals surface area contributed by atoms with Crippen LogP contribution in [0.3, 0.4) is 0 Å². The summed E-state index contributed by atoms with van der Waals surface area (Å²) in [5.41, 5.74) is 0.198. The third-order valence-electron chi connectivity index (χ3n) is 3.75. The van der Waals surface area contributed by atoms with Gasteiger partial charge in [0.2, 0.25) is 0 Å². The summed E-state index contributed by atoms with van der Waals surface area (Å²) in [5.74, 6) is 1.06. The van der Waals surface area contributed by atoms with Crippen molar-refractivity contribution in [2.24, 2.45) is 11.3 Å². The summed E-state index contributed by atoms with van der Waals surface area (Å²) in [4.78, 5) is 11.5. The van der Waals surface area contributed by atoms with Crippen molar-refractivity contribution in [1.82, 2.24) is 0 Å². The van der Waals surface area contributed by atoms with Crippen molar-refractivity contribution in [2.45, 2.75) is 37.4 Å². The Labute approximate surface area is 75.7 Å². The van der Waals surface area contributed by atoms with E-state index in [1.54, 1.807) is 0 Å². The number of carbonyl (C=O) groups excluding carboxylic acids is 1. The summed E-state index contributed by atoms with van der Waals surface area (Å²) in [5, 5.41) is 0. The van der Waals surface area contributed by atoms with E-state index in [1.165, 1.54) is 6.42 Å². The van der Waals surface area contributed by atoms with Gasteiger partial charge in [0.25, 0.3) is 0 Å². The SMILES string of the molecule is CC1(C)[C@H]2CC[C@@]1(Br)C(=O)C2. The quantitative estimate of drug-likeness (QED) is 0.570. The lowest BCUT2D eigenvalue weighted by Crippen LogP contribution is -2.36. The van der Waals surface area contributed by atoms with Crippen LogP contribution in [-0.2, 0) is 4.79 Å². The lowest BCUT2D eigenvalue weighted by molar-refractivity contribution is -0.120. The van der Waals surface area contributed by atoms with E-state index in [0.717, 1.165) is 12.8 Å². The van der Waals surface area contributed by atoms with Crippen LogP contribution in [0.1, 0.15) is 33.1 Å². The summed E-state index contributed by atoms with van der Waals surface area (Å²) < 4.78 is -0.162. The van der Waals surface area contributed by atoms with Crippen molar-refractivity contribution < 1.29 is 4.79 Å². The molecule has 0 spiro atoms. The summed E-state index contributed by atoms with van der Waals surface area (Å²) in [6.07, 6.45) is 3.08. The van der Waals surface area contributed by atoms with Crippen LogP contribution in [0, 0.1) is 11.3 Å². The molecular formula is C9H13BrO. The van der Waals surface area contributed by atoms with Gasteiger partial charge in [-0.05, 0) is 24.2 Å². The van der Waals surface area contributed by atoms with Gasteiger partial charge in [0, 0.05) is 6.42 Å². The summed E-state index contributed by atoms with van der Waals surface area (Å²) in [6, 6.07) is 0. The molecule has 1 nitrogen and oxygen atoms in total. The Kier molecular flexibility index (Phi) is 1.34. The van der Waals surface area contributed by atoms with Crippen LogP contribution in [0.5, 0.6) is 0 Å². The van der Waals surface area contributed by atoms with Crippen LogP contribution in [0.2, 0.25) is 0 Å². The van der Waals surface area contributed by atoms with E-state index in [1.807, 2.05) is 0 Å². The van der Waals surface area contributed by atoms with Gasteiger partial charge in [-0.3, -0.25) is 4.79 Å². The van der Waals surface area contributed by atoms with Crippen molar-refractivity contribution in [1.29, 1.82) is 0 Å². The van der Waals surface area contributed by atoms with E-state index in [4.69, 9.17) is 0 Å². The van der Waals surface area contributed by atoms with Gasteiger partial charge in [-0.15, -0.1) is 0 Å². The smallest absolute Gasteiger partial charge is 0.150 e. The zero-order valence-electron chi connectivity index (χ0n) is 6.98. The van der Waals surface area contributed by atoms with Gasteiger partial charge in [0.15, 0.2) is 0 Å². The van der Waals surface area contributed by atoms with Crippen molar-refractivity contribution in [3.8, 4) is 0 Å². The Morgan fingerprint density at radius 2 is 2.18 bits per heavy atom. The van der Waals surface area contributed by atoms with Gasteiger partial charge in [0.05, 0.1) is 4.32 Å². The fourth-order valence-corrected chi connectivity index (χ4v) is 3.34. The highest BCUT2D eigenvalue weighted by Crippen LogP contribution is 2.62. The third-order valence-corrected chi connectivity index (χ3v) is 5.61. The fraction of sp³-hybridized carbons (Fsp3) is 0.889. The third kappa shape index (κ3) is 0.695. The van der Waals surface area contributed by atoms with E-state index in [9.17, 15) is 4.79 Å². The second kappa shape index (κ2) is 1.90. The molecule has 0 aromatic carbocycles. The van der Waals surface area contributed by atoms with E-state index in [-0.39, 0.29) is 9.74 Å². The van der Waals surface area contributed by atoms with E-state index in [2.05, 4.69) is 29.8 Å². The molecule has 11 heavy (non-hydrogen) atoms. The molecule has 0 N–H and O–H groups in total. The van der Waals surface area contributed by atoms with E-state index >= 15 is 0 Å². The van der Waals surface area contributed by atoms with Gasteiger partial charge in [-0.25, -0.2) is 0 Å².